The minimum atomic E-state index is -0.627. The molecule has 4 nitrogen and oxygen atoms in total. The highest BCUT2D eigenvalue weighted by molar-refractivity contribution is 6.06. The number of phenols is 1. The van der Waals surface area contributed by atoms with E-state index in [1.807, 2.05) is 13.8 Å². The van der Waals surface area contributed by atoms with Crippen LogP contribution < -0.4 is 4.90 Å². The second-order valence-electron chi connectivity index (χ2n) is 4.39. The van der Waals surface area contributed by atoms with E-state index in [0.29, 0.717) is 17.8 Å². The first-order chi connectivity index (χ1) is 9.52. The molecule has 0 aliphatic carbocycles. The summed E-state index contributed by atoms with van der Waals surface area (Å²) < 4.78 is 12.8. The van der Waals surface area contributed by atoms with Crippen molar-refractivity contribution in [1.29, 1.82) is 0 Å². The maximum atomic E-state index is 12.8. The highest BCUT2D eigenvalue weighted by Crippen LogP contribution is 2.26. The van der Waals surface area contributed by atoms with Crippen LogP contribution in [0.25, 0.3) is 0 Å². The van der Waals surface area contributed by atoms with Crippen molar-refractivity contribution >= 4 is 11.6 Å². The van der Waals surface area contributed by atoms with Gasteiger partial charge in [-0.25, -0.2) is 4.98 Å². The average molecular weight is 274 g/mol. The Labute approximate surface area is 116 Å². The Kier molecular flexibility index (Phi) is 3.98. The Hall–Kier alpha value is -2.43. The molecular formula is C15H15FN2O2. The molecule has 0 saturated carbocycles. The van der Waals surface area contributed by atoms with Gasteiger partial charge in [-0.15, -0.1) is 0 Å². The fraction of sp³-hybridized carbons (Fsp3) is 0.200. The molecule has 0 radical (unpaired) electrons. The Morgan fingerprint density at radius 2 is 2.10 bits per heavy atom. The van der Waals surface area contributed by atoms with Gasteiger partial charge in [-0.1, -0.05) is 6.07 Å². The number of phenolic OH excluding ortho intramolecular Hbond substituents is 1. The number of rotatable bonds is 3. The van der Waals surface area contributed by atoms with E-state index in [1.165, 1.54) is 23.2 Å². The third-order valence-corrected chi connectivity index (χ3v) is 3.02. The van der Waals surface area contributed by atoms with Crippen LogP contribution >= 0.6 is 0 Å². The molecule has 0 atom stereocenters. The molecule has 20 heavy (non-hydrogen) atoms. The lowest BCUT2D eigenvalue weighted by atomic mass is 10.1. The van der Waals surface area contributed by atoms with Crippen LogP contribution in [0.2, 0.25) is 0 Å². The number of aromatic hydroxyl groups is 1. The third kappa shape index (κ3) is 2.77. The molecule has 104 valence electrons. The number of pyridine rings is 1. The van der Waals surface area contributed by atoms with E-state index in [9.17, 15) is 14.3 Å². The Balaban J connectivity index is 2.39. The number of hydrogen-bond acceptors (Lipinski definition) is 3. The fourth-order valence-corrected chi connectivity index (χ4v) is 1.97. The lowest BCUT2D eigenvalue weighted by Crippen LogP contribution is -2.31. The number of aryl methyl sites for hydroxylation is 1. The highest BCUT2D eigenvalue weighted by Gasteiger charge is 2.18. The zero-order valence-electron chi connectivity index (χ0n) is 11.3. The maximum Gasteiger partial charge on any atom is 0.259 e. The summed E-state index contributed by atoms with van der Waals surface area (Å²) >= 11 is 0. The van der Waals surface area contributed by atoms with Crippen LogP contribution in [0, 0.1) is 12.9 Å². The van der Waals surface area contributed by atoms with Gasteiger partial charge in [0.2, 0.25) is 5.95 Å². The number of carbonyl (C=O) groups excluding carboxylic acids is 1. The van der Waals surface area contributed by atoms with Gasteiger partial charge >= 0.3 is 0 Å². The standard InChI is InChI=1S/C15H15FN2O2/c1-3-18(13-8-12(19)6-4-10(13)2)15(20)11-5-7-14(16)17-9-11/h4-9,19H,3H2,1-2H3. The molecule has 1 N–H and O–H groups in total. The summed E-state index contributed by atoms with van der Waals surface area (Å²) in [5.41, 5.74) is 1.80. The van der Waals surface area contributed by atoms with Gasteiger partial charge < -0.3 is 10.0 Å². The van der Waals surface area contributed by atoms with Crippen molar-refractivity contribution in [3.05, 3.63) is 53.6 Å². The van der Waals surface area contributed by atoms with Crippen molar-refractivity contribution in [2.24, 2.45) is 0 Å². The number of aromatic nitrogens is 1. The first-order valence-corrected chi connectivity index (χ1v) is 6.26. The fourth-order valence-electron chi connectivity index (χ4n) is 1.97. The van der Waals surface area contributed by atoms with Crippen LogP contribution in [0.5, 0.6) is 5.75 Å². The Morgan fingerprint density at radius 1 is 1.35 bits per heavy atom. The third-order valence-electron chi connectivity index (χ3n) is 3.02. The summed E-state index contributed by atoms with van der Waals surface area (Å²) in [6.45, 7) is 4.12. The van der Waals surface area contributed by atoms with Crippen molar-refractivity contribution in [2.75, 3.05) is 11.4 Å². The van der Waals surface area contributed by atoms with E-state index in [-0.39, 0.29) is 11.7 Å². The van der Waals surface area contributed by atoms with Crippen LogP contribution in [0.4, 0.5) is 10.1 Å². The van der Waals surface area contributed by atoms with Crippen LogP contribution in [0.15, 0.2) is 36.5 Å². The number of halogens is 1. The van der Waals surface area contributed by atoms with Gasteiger partial charge in [-0.05, 0) is 37.6 Å². The van der Waals surface area contributed by atoms with E-state index >= 15 is 0 Å². The number of hydrogen-bond donors (Lipinski definition) is 1. The largest absolute Gasteiger partial charge is 0.508 e. The normalized spacial score (nSPS) is 10.3. The Bertz CT molecular complexity index is 626. The molecule has 2 aromatic rings. The van der Waals surface area contributed by atoms with E-state index < -0.39 is 5.95 Å². The monoisotopic (exact) mass is 274 g/mol. The molecule has 0 aliphatic rings. The lowest BCUT2D eigenvalue weighted by molar-refractivity contribution is 0.0987. The molecule has 0 unspecified atom stereocenters. The van der Waals surface area contributed by atoms with Gasteiger partial charge in [0, 0.05) is 18.8 Å². The van der Waals surface area contributed by atoms with Gasteiger partial charge in [-0.2, -0.15) is 4.39 Å². The molecule has 0 bridgehead atoms. The minimum absolute atomic E-state index is 0.0917. The van der Waals surface area contributed by atoms with Crippen molar-refractivity contribution < 1.29 is 14.3 Å². The van der Waals surface area contributed by atoms with Gasteiger partial charge in [0.15, 0.2) is 0 Å². The van der Waals surface area contributed by atoms with Gasteiger partial charge in [0.1, 0.15) is 5.75 Å². The van der Waals surface area contributed by atoms with E-state index in [2.05, 4.69) is 4.98 Å². The molecule has 0 aliphatic heterocycles. The first-order valence-electron chi connectivity index (χ1n) is 6.26. The second-order valence-corrected chi connectivity index (χ2v) is 4.39. The Morgan fingerprint density at radius 3 is 2.70 bits per heavy atom. The summed E-state index contributed by atoms with van der Waals surface area (Å²) in [6.07, 6.45) is 1.21. The van der Waals surface area contributed by atoms with Crippen molar-refractivity contribution in [3.63, 3.8) is 0 Å². The molecule has 0 spiro atoms. The number of benzene rings is 1. The molecule has 1 aromatic carbocycles. The van der Waals surface area contributed by atoms with Crippen LogP contribution in [0.3, 0.4) is 0 Å². The van der Waals surface area contributed by atoms with Crippen molar-refractivity contribution in [3.8, 4) is 5.75 Å². The quantitative estimate of drug-likeness (QED) is 0.876. The molecule has 0 fully saturated rings. The summed E-state index contributed by atoms with van der Waals surface area (Å²) in [5.74, 6) is -0.819. The van der Waals surface area contributed by atoms with Crippen molar-refractivity contribution in [2.45, 2.75) is 13.8 Å². The minimum Gasteiger partial charge on any atom is -0.508 e. The predicted molar refractivity (Wildman–Crippen MR) is 74.4 cm³/mol. The summed E-state index contributed by atoms with van der Waals surface area (Å²) in [6, 6.07) is 7.38. The molecule has 2 rings (SSSR count). The number of anilines is 1. The van der Waals surface area contributed by atoms with E-state index in [0.717, 1.165) is 11.6 Å². The van der Waals surface area contributed by atoms with Gasteiger partial charge in [-0.3, -0.25) is 4.79 Å². The molecule has 0 saturated heterocycles. The van der Waals surface area contributed by atoms with Gasteiger partial charge in [0.05, 0.1) is 11.3 Å². The average Bonchev–Trinajstić information content (AvgIpc) is 2.44. The van der Waals surface area contributed by atoms with Crippen molar-refractivity contribution in [1.82, 2.24) is 4.98 Å². The van der Waals surface area contributed by atoms with Crippen LogP contribution in [-0.2, 0) is 0 Å². The maximum absolute atomic E-state index is 12.8. The zero-order chi connectivity index (χ0) is 14.7. The number of nitrogens with zero attached hydrogens (tertiary/aromatic N) is 2. The first kappa shape index (κ1) is 14.0. The van der Waals surface area contributed by atoms with E-state index in [4.69, 9.17) is 0 Å². The zero-order valence-corrected chi connectivity index (χ0v) is 11.3. The molecule has 1 heterocycles. The predicted octanol–water partition coefficient (Wildman–Crippen LogP) is 2.90. The number of amides is 1. The van der Waals surface area contributed by atoms with Crippen LogP contribution in [-0.4, -0.2) is 22.5 Å². The highest BCUT2D eigenvalue weighted by atomic mass is 19.1. The molecule has 1 amide bonds. The molecule has 5 heteroatoms. The molecular weight excluding hydrogens is 259 g/mol. The second kappa shape index (κ2) is 5.69. The molecule has 1 aromatic heterocycles. The SMILES string of the molecule is CCN(C(=O)c1ccc(F)nc1)c1cc(O)ccc1C. The summed E-state index contributed by atoms with van der Waals surface area (Å²) in [7, 11) is 0. The topological polar surface area (TPSA) is 53.4 Å². The number of carbonyl (C=O) groups is 1. The smallest absolute Gasteiger partial charge is 0.259 e. The van der Waals surface area contributed by atoms with E-state index in [1.54, 1.807) is 12.1 Å². The summed E-state index contributed by atoms with van der Waals surface area (Å²) in [4.78, 5) is 17.4. The summed E-state index contributed by atoms with van der Waals surface area (Å²) in [5, 5.41) is 9.57. The van der Waals surface area contributed by atoms with Gasteiger partial charge in [0.25, 0.3) is 5.91 Å². The lowest BCUT2D eigenvalue weighted by Gasteiger charge is -2.23. The van der Waals surface area contributed by atoms with Crippen LogP contribution in [0.1, 0.15) is 22.8 Å².